The standard InChI is InChI=1S/C13H9F3N4O2S/c14-13(15,16)8-2-10(11-6-19-20-12(11)3-8)7-1-9(5-18-4-7)23(17,21)22/h1-6H,(H,19,20)(H2,17,21,22). The summed E-state index contributed by atoms with van der Waals surface area (Å²) in [5, 5.41) is 11.6. The van der Waals surface area contributed by atoms with Crippen LogP contribution in [-0.2, 0) is 16.2 Å². The molecule has 0 aliphatic carbocycles. The van der Waals surface area contributed by atoms with E-state index in [1.54, 1.807) is 0 Å². The van der Waals surface area contributed by atoms with Gasteiger partial charge in [-0.3, -0.25) is 10.1 Å². The molecule has 0 aliphatic heterocycles. The molecule has 3 N–H and O–H groups in total. The minimum atomic E-state index is -4.56. The molecule has 0 atom stereocenters. The van der Waals surface area contributed by atoms with Gasteiger partial charge in [-0.2, -0.15) is 18.3 Å². The molecule has 0 radical (unpaired) electrons. The largest absolute Gasteiger partial charge is 0.416 e. The fourth-order valence-electron chi connectivity index (χ4n) is 2.18. The van der Waals surface area contributed by atoms with Crippen molar-refractivity contribution in [3.63, 3.8) is 0 Å². The van der Waals surface area contributed by atoms with Gasteiger partial charge in [-0.15, -0.1) is 0 Å². The Hall–Kier alpha value is -2.46. The molecule has 0 aliphatic rings. The fourth-order valence-corrected chi connectivity index (χ4v) is 2.67. The number of aromatic amines is 1. The number of pyridine rings is 1. The highest BCUT2D eigenvalue weighted by molar-refractivity contribution is 7.89. The van der Waals surface area contributed by atoms with Gasteiger partial charge in [-0.25, -0.2) is 13.6 Å². The van der Waals surface area contributed by atoms with E-state index in [4.69, 9.17) is 5.14 Å². The number of sulfonamides is 1. The van der Waals surface area contributed by atoms with E-state index in [-0.39, 0.29) is 21.5 Å². The van der Waals surface area contributed by atoms with Gasteiger partial charge in [-0.1, -0.05) is 0 Å². The highest BCUT2D eigenvalue weighted by Gasteiger charge is 2.32. The van der Waals surface area contributed by atoms with E-state index in [0.29, 0.717) is 5.39 Å². The van der Waals surface area contributed by atoms with Crippen molar-refractivity contribution in [3.05, 3.63) is 42.4 Å². The van der Waals surface area contributed by atoms with Gasteiger partial charge in [0.2, 0.25) is 10.0 Å². The monoisotopic (exact) mass is 342 g/mol. The molecular weight excluding hydrogens is 333 g/mol. The third kappa shape index (κ3) is 2.90. The summed E-state index contributed by atoms with van der Waals surface area (Å²) in [7, 11) is -4.02. The Morgan fingerprint density at radius 1 is 1.09 bits per heavy atom. The summed E-state index contributed by atoms with van der Waals surface area (Å²) in [6.45, 7) is 0. The van der Waals surface area contributed by atoms with Crippen LogP contribution in [-0.4, -0.2) is 23.6 Å². The summed E-state index contributed by atoms with van der Waals surface area (Å²) < 4.78 is 61.9. The molecule has 23 heavy (non-hydrogen) atoms. The average Bonchev–Trinajstić information content (AvgIpc) is 2.93. The van der Waals surface area contributed by atoms with Gasteiger partial charge in [0.1, 0.15) is 4.90 Å². The molecule has 0 spiro atoms. The number of rotatable bonds is 2. The molecule has 0 fully saturated rings. The van der Waals surface area contributed by atoms with Crippen LogP contribution in [0.1, 0.15) is 5.56 Å². The van der Waals surface area contributed by atoms with Crippen LogP contribution in [0.4, 0.5) is 13.2 Å². The Morgan fingerprint density at radius 2 is 1.83 bits per heavy atom. The lowest BCUT2D eigenvalue weighted by Crippen LogP contribution is -2.12. The number of halogens is 3. The number of primary sulfonamides is 1. The van der Waals surface area contributed by atoms with Gasteiger partial charge < -0.3 is 0 Å². The van der Waals surface area contributed by atoms with Crippen molar-refractivity contribution < 1.29 is 21.6 Å². The Morgan fingerprint density at radius 3 is 2.48 bits per heavy atom. The topological polar surface area (TPSA) is 102 Å². The minimum Gasteiger partial charge on any atom is -0.278 e. The van der Waals surface area contributed by atoms with E-state index in [9.17, 15) is 21.6 Å². The molecule has 0 unspecified atom stereocenters. The second-order valence-corrected chi connectivity index (χ2v) is 6.37. The zero-order chi connectivity index (χ0) is 16.8. The summed E-state index contributed by atoms with van der Waals surface area (Å²) in [6, 6.07) is 3.02. The summed E-state index contributed by atoms with van der Waals surface area (Å²) in [4.78, 5) is 3.45. The van der Waals surface area contributed by atoms with Gasteiger partial charge in [0.25, 0.3) is 0 Å². The maximum absolute atomic E-state index is 13.0. The Bertz CT molecular complexity index is 996. The predicted molar refractivity (Wildman–Crippen MR) is 75.7 cm³/mol. The first kappa shape index (κ1) is 15.4. The van der Waals surface area contributed by atoms with Crippen molar-refractivity contribution in [1.82, 2.24) is 15.2 Å². The van der Waals surface area contributed by atoms with E-state index in [0.717, 1.165) is 18.3 Å². The van der Waals surface area contributed by atoms with Gasteiger partial charge in [0.15, 0.2) is 0 Å². The first-order valence-electron chi connectivity index (χ1n) is 6.19. The van der Waals surface area contributed by atoms with E-state index >= 15 is 0 Å². The van der Waals surface area contributed by atoms with Crippen LogP contribution in [0, 0.1) is 0 Å². The third-order valence-electron chi connectivity index (χ3n) is 3.24. The molecule has 3 aromatic rings. The van der Waals surface area contributed by atoms with E-state index in [1.165, 1.54) is 18.5 Å². The molecule has 0 saturated carbocycles. The molecule has 2 aromatic heterocycles. The first-order valence-corrected chi connectivity index (χ1v) is 7.73. The number of aromatic nitrogens is 3. The number of fused-ring (bicyclic) bond motifs is 1. The normalized spacial score (nSPS) is 12.7. The number of benzene rings is 1. The predicted octanol–water partition coefficient (Wildman–Crippen LogP) is 2.29. The molecule has 1 aromatic carbocycles. The van der Waals surface area contributed by atoms with Gasteiger partial charge in [-0.05, 0) is 23.8 Å². The van der Waals surface area contributed by atoms with Crippen molar-refractivity contribution in [2.24, 2.45) is 5.14 Å². The Kier molecular flexibility index (Phi) is 3.38. The zero-order valence-electron chi connectivity index (χ0n) is 11.3. The van der Waals surface area contributed by atoms with Crippen LogP contribution in [0.2, 0.25) is 0 Å². The van der Waals surface area contributed by atoms with Gasteiger partial charge in [0.05, 0.1) is 17.3 Å². The molecule has 2 heterocycles. The SMILES string of the molecule is NS(=O)(=O)c1cncc(-c2cc(C(F)(F)F)cc3[nH]ncc23)c1. The van der Waals surface area contributed by atoms with Crippen molar-refractivity contribution in [1.29, 1.82) is 0 Å². The first-order chi connectivity index (χ1) is 10.7. The number of hydrogen-bond acceptors (Lipinski definition) is 4. The molecule has 0 bridgehead atoms. The minimum absolute atomic E-state index is 0.154. The number of hydrogen-bond donors (Lipinski definition) is 2. The van der Waals surface area contributed by atoms with Crippen LogP contribution in [0.25, 0.3) is 22.0 Å². The van der Waals surface area contributed by atoms with Crippen molar-refractivity contribution in [2.75, 3.05) is 0 Å². The fraction of sp³-hybridized carbons (Fsp3) is 0.0769. The second-order valence-electron chi connectivity index (χ2n) is 4.81. The lowest BCUT2D eigenvalue weighted by Gasteiger charge is -2.11. The number of nitrogens with two attached hydrogens (primary N) is 1. The van der Waals surface area contributed by atoms with Crippen LogP contribution >= 0.6 is 0 Å². The molecule has 6 nitrogen and oxygen atoms in total. The highest BCUT2D eigenvalue weighted by Crippen LogP contribution is 2.36. The maximum atomic E-state index is 13.0. The Balaban J connectivity index is 2.29. The van der Waals surface area contributed by atoms with Crippen LogP contribution < -0.4 is 5.14 Å². The van der Waals surface area contributed by atoms with E-state index in [2.05, 4.69) is 15.2 Å². The zero-order valence-corrected chi connectivity index (χ0v) is 12.1. The molecule has 3 rings (SSSR count). The van der Waals surface area contributed by atoms with Crippen molar-refractivity contribution in [3.8, 4) is 11.1 Å². The van der Waals surface area contributed by atoms with Crippen molar-refractivity contribution in [2.45, 2.75) is 11.1 Å². The lowest BCUT2D eigenvalue weighted by molar-refractivity contribution is -0.137. The van der Waals surface area contributed by atoms with Crippen LogP contribution in [0.5, 0.6) is 0 Å². The number of nitrogens with zero attached hydrogens (tertiary/aromatic N) is 2. The smallest absolute Gasteiger partial charge is 0.278 e. The van der Waals surface area contributed by atoms with Crippen molar-refractivity contribution >= 4 is 20.9 Å². The van der Waals surface area contributed by atoms with E-state index in [1.807, 2.05) is 0 Å². The number of alkyl halides is 3. The molecule has 120 valence electrons. The molecule has 10 heteroatoms. The summed E-state index contributed by atoms with van der Waals surface area (Å²) >= 11 is 0. The molecular formula is C13H9F3N4O2S. The summed E-state index contributed by atoms with van der Waals surface area (Å²) in [6.07, 6.45) is -0.914. The highest BCUT2D eigenvalue weighted by atomic mass is 32.2. The summed E-state index contributed by atoms with van der Waals surface area (Å²) in [5.74, 6) is 0. The van der Waals surface area contributed by atoms with E-state index < -0.39 is 21.8 Å². The number of nitrogens with one attached hydrogen (secondary N) is 1. The quantitative estimate of drug-likeness (QED) is 0.746. The second kappa shape index (κ2) is 5.03. The maximum Gasteiger partial charge on any atom is 0.416 e. The average molecular weight is 342 g/mol. The Labute approximate surface area is 128 Å². The number of H-pyrrole nitrogens is 1. The molecule has 0 saturated heterocycles. The lowest BCUT2D eigenvalue weighted by atomic mass is 10.0. The van der Waals surface area contributed by atoms with Gasteiger partial charge >= 0.3 is 6.18 Å². The van der Waals surface area contributed by atoms with Crippen LogP contribution in [0.15, 0.2) is 41.7 Å². The molecule has 0 amide bonds. The van der Waals surface area contributed by atoms with Gasteiger partial charge in [0, 0.05) is 23.3 Å². The summed E-state index contributed by atoms with van der Waals surface area (Å²) in [5.41, 5.74) is -0.364. The van der Waals surface area contributed by atoms with Crippen LogP contribution in [0.3, 0.4) is 0 Å². The third-order valence-corrected chi connectivity index (χ3v) is 4.12.